The maximum Gasteiger partial charge on any atom is 0.291 e. The van der Waals surface area contributed by atoms with E-state index in [2.05, 4.69) is 17.1 Å². The van der Waals surface area contributed by atoms with Crippen LogP contribution in [0.15, 0.2) is 52.0 Å². The molecule has 1 aliphatic heterocycles. The third kappa shape index (κ3) is 3.92. The molecule has 2 heterocycles. The number of nitrogens with one attached hydrogen (secondary N) is 1. The Labute approximate surface area is 147 Å². The molecule has 1 saturated heterocycles. The van der Waals surface area contributed by atoms with Crippen molar-refractivity contribution >= 4 is 21.6 Å². The molecule has 1 N–H and O–H groups in total. The Hall–Kier alpha value is -2.16. The van der Waals surface area contributed by atoms with E-state index in [1.165, 1.54) is 16.6 Å². The number of hydrogen-bond donors (Lipinski definition) is 1. The summed E-state index contributed by atoms with van der Waals surface area (Å²) in [4.78, 5) is 14.4. The molecule has 0 unspecified atom stereocenters. The van der Waals surface area contributed by atoms with E-state index in [-0.39, 0.29) is 10.7 Å². The lowest BCUT2D eigenvalue weighted by molar-refractivity contribution is 0.0996. The van der Waals surface area contributed by atoms with Gasteiger partial charge in [0.05, 0.1) is 11.2 Å². The first-order chi connectivity index (χ1) is 12.0. The zero-order valence-electron chi connectivity index (χ0n) is 14.0. The lowest BCUT2D eigenvalue weighted by Gasteiger charge is -2.33. The average Bonchev–Trinajstić information content (AvgIpc) is 3.17. The highest BCUT2D eigenvalue weighted by Crippen LogP contribution is 2.21. The predicted molar refractivity (Wildman–Crippen MR) is 94.0 cm³/mol. The summed E-state index contributed by atoms with van der Waals surface area (Å²) in [6.07, 6.45) is 1.41. The van der Waals surface area contributed by atoms with E-state index >= 15 is 0 Å². The number of benzene rings is 1. The van der Waals surface area contributed by atoms with E-state index in [4.69, 9.17) is 4.42 Å². The number of nitrogens with zero attached hydrogens (tertiary/aromatic N) is 2. The standard InChI is InChI=1S/C17H21N3O4S/c1-2-19-8-10-20(11-9-19)25(22,23)15-6-3-5-14(13-15)18-17(21)16-7-4-12-24-16/h3-7,12-13H,2,8-11H2,1H3,(H,18,21). The third-order valence-electron chi connectivity index (χ3n) is 4.25. The van der Waals surface area contributed by atoms with Gasteiger partial charge in [-0.15, -0.1) is 0 Å². The van der Waals surface area contributed by atoms with Gasteiger partial charge in [0, 0.05) is 31.9 Å². The minimum Gasteiger partial charge on any atom is -0.459 e. The summed E-state index contributed by atoms with van der Waals surface area (Å²) in [5, 5.41) is 2.65. The molecule has 25 heavy (non-hydrogen) atoms. The van der Waals surface area contributed by atoms with Gasteiger partial charge in [-0.05, 0) is 36.9 Å². The molecule has 134 valence electrons. The highest BCUT2D eigenvalue weighted by Gasteiger charge is 2.28. The van der Waals surface area contributed by atoms with Crippen LogP contribution in [-0.4, -0.2) is 56.3 Å². The number of furan rings is 1. The predicted octanol–water partition coefficient (Wildman–Crippen LogP) is 1.86. The van der Waals surface area contributed by atoms with Gasteiger partial charge >= 0.3 is 0 Å². The maximum absolute atomic E-state index is 12.8. The van der Waals surface area contributed by atoms with Crippen molar-refractivity contribution in [2.75, 3.05) is 38.0 Å². The van der Waals surface area contributed by atoms with Crippen LogP contribution in [0, 0.1) is 0 Å². The Morgan fingerprint density at radius 3 is 2.56 bits per heavy atom. The van der Waals surface area contributed by atoms with Gasteiger partial charge in [-0.1, -0.05) is 13.0 Å². The number of carbonyl (C=O) groups is 1. The molecule has 2 aromatic rings. The fourth-order valence-electron chi connectivity index (χ4n) is 2.77. The Bertz CT molecular complexity index is 825. The number of carbonyl (C=O) groups excluding carboxylic acids is 1. The number of rotatable bonds is 5. The largest absolute Gasteiger partial charge is 0.459 e. The Balaban J connectivity index is 1.75. The molecule has 1 fully saturated rings. The molecule has 1 aromatic carbocycles. The van der Waals surface area contributed by atoms with Gasteiger partial charge < -0.3 is 14.6 Å². The summed E-state index contributed by atoms with van der Waals surface area (Å²) in [5.41, 5.74) is 0.412. The molecule has 8 heteroatoms. The Morgan fingerprint density at radius 2 is 1.92 bits per heavy atom. The monoisotopic (exact) mass is 363 g/mol. The summed E-state index contributed by atoms with van der Waals surface area (Å²) < 4.78 is 32.2. The first kappa shape index (κ1) is 17.7. The quantitative estimate of drug-likeness (QED) is 0.877. The lowest BCUT2D eigenvalue weighted by atomic mass is 10.3. The van der Waals surface area contributed by atoms with Crippen LogP contribution < -0.4 is 5.32 Å². The van der Waals surface area contributed by atoms with Gasteiger partial charge in [-0.25, -0.2) is 8.42 Å². The zero-order chi connectivity index (χ0) is 17.9. The molecule has 0 spiro atoms. The fraction of sp³-hybridized carbons (Fsp3) is 0.353. The first-order valence-electron chi connectivity index (χ1n) is 8.18. The van der Waals surface area contributed by atoms with Crippen LogP contribution in [0.2, 0.25) is 0 Å². The van der Waals surface area contributed by atoms with Crippen LogP contribution in [0.25, 0.3) is 0 Å². The van der Waals surface area contributed by atoms with Crippen molar-refractivity contribution in [3.63, 3.8) is 0 Å². The van der Waals surface area contributed by atoms with E-state index < -0.39 is 15.9 Å². The van der Waals surface area contributed by atoms with Crippen molar-refractivity contribution in [3.05, 3.63) is 48.4 Å². The van der Waals surface area contributed by atoms with E-state index in [0.717, 1.165) is 19.6 Å². The number of hydrogen-bond acceptors (Lipinski definition) is 5. The number of piperazine rings is 1. The van der Waals surface area contributed by atoms with E-state index in [0.29, 0.717) is 18.8 Å². The van der Waals surface area contributed by atoms with Crippen LogP contribution in [0.1, 0.15) is 17.5 Å². The maximum atomic E-state index is 12.8. The van der Waals surface area contributed by atoms with Crippen molar-refractivity contribution in [1.29, 1.82) is 0 Å². The van der Waals surface area contributed by atoms with E-state index in [1.54, 1.807) is 30.3 Å². The molecule has 1 aromatic heterocycles. The molecule has 1 amide bonds. The topological polar surface area (TPSA) is 82.9 Å². The summed E-state index contributed by atoms with van der Waals surface area (Å²) in [7, 11) is -3.57. The van der Waals surface area contributed by atoms with Gasteiger partial charge in [0.2, 0.25) is 10.0 Å². The molecule has 7 nitrogen and oxygen atoms in total. The van der Waals surface area contributed by atoms with Gasteiger partial charge in [0.15, 0.2) is 5.76 Å². The molecular formula is C17H21N3O4S. The second-order valence-electron chi connectivity index (χ2n) is 5.80. The molecule has 1 aliphatic rings. The average molecular weight is 363 g/mol. The molecule has 0 saturated carbocycles. The van der Waals surface area contributed by atoms with Gasteiger partial charge in [-0.3, -0.25) is 4.79 Å². The summed E-state index contributed by atoms with van der Waals surface area (Å²) in [5.74, 6) is -0.250. The highest BCUT2D eigenvalue weighted by atomic mass is 32.2. The summed E-state index contributed by atoms with van der Waals surface area (Å²) in [6, 6.07) is 9.45. The zero-order valence-corrected chi connectivity index (χ0v) is 14.8. The molecule has 0 radical (unpaired) electrons. The molecule has 3 rings (SSSR count). The second-order valence-corrected chi connectivity index (χ2v) is 7.74. The minimum atomic E-state index is -3.57. The van der Waals surface area contributed by atoms with Crippen LogP contribution in [0.3, 0.4) is 0 Å². The third-order valence-corrected chi connectivity index (χ3v) is 6.15. The van der Waals surface area contributed by atoms with Crippen molar-refractivity contribution in [2.45, 2.75) is 11.8 Å². The Kier molecular flexibility index (Phi) is 5.22. The molecule has 0 bridgehead atoms. The van der Waals surface area contributed by atoms with Crippen molar-refractivity contribution in [1.82, 2.24) is 9.21 Å². The number of amides is 1. The minimum absolute atomic E-state index is 0.170. The molecule has 0 atom stereocenters. The molecular weight excluding hydrogens is 342 g/mol. The van der Waals surface area contributed by atoms with Crippen LogP contribution in [0.4, 0.5) is 5.69 Å². The second kappa shape index (κ2) is 7.38. The highest BCUT2D eigenvalue weighted by molar-refractivity contribution is 7.89. The fourth-order valence-corrected chi connectivity index (χ4v) is 4.24. The van der Waals surface area contributed by atoms with Gasteiger partial charge in [0.25, 0.3) is 5.91 Å². The SMILES string of the molecule is CCN1CCN(S(=O)(=O)c2cccc(NC(=O)c3ccco3)c2)CC1. The van der Waals surface area contributed by atoms with Crippen LogP contribution in [-0.2, 0) is 10.0 Å². The van der Waals surface area contributed by atoms with Crippen LogP contribution >= 0.6 is 0 Å². The van der Waals surface area contributed by atoms with Crippen molar-refractivity contribution in [3.8, 4) is 0 Å². The first-order valence-corrected chi connectivity index (χ1v) is 9.62. The Morgan fingerprint density at radius 1 is 1.16 bits per heavy atom. The van der Waals surface area contributed by atoms with E-state index in [1.807, 2.05) is 0 Å². The number of likely N-dealkylation sites (N-methyl/N-ethyl adjacent to an activating group) is 1. The van der Waals surface area contributed by atoms with E-state index in [9.17, 15) is 13.2 Å². The number of sulfonamides is 1. The van der Waals surface area contributed by atoms with Crippen LogP contribution in [0.5, 0.6) is 0 Å². The summed E-state index contributed by atoms with van der Waals surface area (Å²) >= 11 is 0. The van der Waals surface area contributed by atoms with Crippen molar-refractivity contribution in [2.24, 2.45) is 0 Å². The smallest absolute Gasteiger partial charge is 0.291 e. The number of anilines is 1. The summed E-state index contributed by atoms with van der Waals surface area (Å²) in [6.45, 7) is 5.38. The van der Waals surface area contributed by atoms with Crippen molar-refractivity contribution < 1.29 is 17.6 Å². The lowest BCUT2D eigenvalue weighted by Crippen LogP contribution is -2.48. The molecule has 0 aliphatic carbocycles. The van der Waals surface area contributed by atoms with Gasteiger partial charge in [-0.2, -0.15) is 4.31 Å². The van der Waals surface area contributed by atoms with Gasteiger partial charge in [0.1, 0.15) is 0 Å². The normalized spacial score (nSPS) is 16.7.